The molecule has 33 heavy (non-hydrogen) atoms. The molecule has 8 heteroatoms. The fraction of sp³-hybridized carbons (Fsp3) is 0.320. The van der Waals surface area contributed by atoms with E-state index in [9.17, 15) is 5.11 Å². The van der Waals surface area contributed by atoms with Crippen LogP contribution in [-0.2, 0) is 0 Å². The minimum Gasteiger partial charge on any atom is -0.507 e. The van der Waals surface area contributed by atoms with Crippen LogP contribution in [0.5, 0.6) is 17.2 Å². The van der Waals surface area contributed by atoms with Crippen LogP contribution in [0.25, 0.3) is 5.57 Å². The average Bonchev–Trinajstić information content (AvgIpc) is 2.79. The molecule has 0 spiro atoms. The third-order valence-electron chi connectivity index (χ3n) is 4.91. The van der Waals surface area contributed by atoms with Gasteiger partial charge in [0.25, 0.3) is 0 Å². The molecule has 0 aromatic heterocycles. The zero-order valence-corrected chi connectivity index (χ0v) is 20.9. The van der Waals surface area contributed by atoms with Crippen molar-refractivity contribution in [2.45, 2.75) is 40.2 Å². The van der Waals surface area contributed by atoms with Gasteiger partial charge in [0.2, 0.25) is 0 Å². The zero-order chi connectivity index (χ0) is 24.4. The van der Waals surface area contributed by atoms with E-state index >= 15 is 0 Å². The van der Waals surface area contributed by atoms with Crippen molar-refractivity contribution in [2.75, 3.05) is 13.2 Å². The van der Waals surface area contributed by atoms with Gasteiger partial charge in [0, 0.05) is 29.8 Å². The highest BCUT2D eigenvalue weighted by molar-refractivity contribution is 7.92. The number of nitriles is 1. The Balaban J connectivity index is 1.90. The van der Waals surface area contributed by atoms with Crippen molar-refractivity contribution >= 4 is 29.4 Å². The summed E-state index contributed by atoms with van der Waals surface area (Å²) >= 11 is 7.48. The van der Waals surface area contributed by atoms with Gasteiger partial charge in [0.1, 0.15) is 35.5 Å². The summed E-state index contributed by atoms with van der Waals surface area (Å²) < 4.78 is 13.8. The summed E-state index contributed by atoms with van der Waals surface area (Å²) in [4.78, 5) is 0. The molecule has 6 nitrogen and oxygen atoms in total. The summed E-state index contributed by atoms with van der Waals surface area (Å²) in [7, 11) is 0. The summed E-state index contributed by atoms with van der Waals surface area (Å²) in [6.07, 6.45) is 5.83. The van der Waals surface area contributed by atoms with Gasteiger partial charge < -0.3 is 19.8 Å². The van der Waals surface area contributed by atoms with Crippen LogP contribution in [0.1, 0.15) is 43.9 Å². The quantitative estimate of drug-likeness (QED) is 0.168. The van der Waals surface area contributed by atoms with E-state index in [4.69, 9.17) is 31.5 Å². The lowest BCUT2D eigenvalue weighted by molar-refractivity contribution is 0.279. The minimum atomic E-state index is 0.142. The number of nitrogens with two attached hydrogens (primary N) is 1. The van der Waals surface area contributed by atoms with E-state index in [0.717, 1.165) is 24.1 Å². The number of nitrogens with zero attached hydrogens (tertiary/aromatic N) is 2. The molecular weight excluding hydrogens is 458 g/mol. The van der Waals surface area contributed by atoms with E-state index in [1.54, 1.807) is 24.3 Å². The van der Waals surface area contributed by atoms with E-state index in [2.05, 4.69) is 24.2 Å². The third kappa shape index (κ3) is 7.36. The molecule has 0 saturated heterocycles. The second kappa shape index (κ2) is 13.0. The summed E-state index contributed by atoms with van der Waals surface area (Å²) in [5.74, 6) is 1.38. The predicted molar refractivity (Wildman–Crippen MR) is 136 cm³/mol. The second-order valence-corrected chi connectivity index (χ2v) is 8.70. The topological polar surface area (TPSA) is 91.7 Å². The lowest BCUT2D eigenvalue weighted by Crippen LogP contribution is -2.27. The summed E-state index contributed by atoms with van der Waals surface area (Å²) in [5, 5.41) is 19.8. The Kier molecular flexibility index (Phi) is 10.5. The molecular formula is C25H30ClN3O3S. The van der Waals surface area contributed by atoms with Crippen LogP contribution in [0.2, 0.25) is 5.02 Å². The molecule has 2 aromatic rings. The van der Waals surface area contributed by atoms with Gasteiger partial charge in [0.05, 0.1) is 17.2 Å². The van der Waals surface area contributed by atoms with Crippen LogP contribution in [0.4, 0.5) is 0 Å². The molecule has 0 aliphatic heterocycles. The predicted octanol–water partition coefficient (Wildman–Crippen LogP) is 6.22. The van der Waals surface area contributed by atoms with Gasteiger partial charge in [-0.05, 0) is 76.2 Å². The van der Waals surface area contributed by atoms with Crippen LogP contribution < -0.4 is 14.7 Å². The molecule has 0 atom stereocenters. The molecule has 0 fully saturated rings. The molecule has 0 amide bonds. The van der Waals surface area contributed by atoms with E-state index in [1.807, 2.05) is 32.1 Å². The monoisotopic (exact) mass is 487 g/mol. The van der Waals surface area contributed by atoms with Gasteiger partial charge in [-0.3, -0.25) is 0 Å². The van der Waals surface area contributed by atoms with Crippen LogP contribution in [-0.4, -0.2) is 28.6 Å². The Morgan fingerprint density at radius 1 is 1.33 bits per heavy atom. The molecule has 0 bridgehead atoms. The molecule has 176 valence electrons. The van der Waals surface area contributed by atoms with Crippen LogP contribution in [0.15, 0.2) is 48.7 Å². The number of hydrogen-bond donors (Lipinski definition) is 2. The molecule has 0 heterocycles. The molecule has 2 rings (SSSR count). The number of allylic oxidation sites excluding steroid dienone is 3. The zero-order valence-electron chi connectivity index (χ0n) is 19.3. The number of aromatic hydroxyl groups is 1. The van der Waals surface area contributed by atoms with E-state index in [0.29, 0.717) is 34.3 Å². The maximum Gasteiger partial charge on any atom is 0.146 e. The highest BCUT2D eigenvalue weighted by Gasteiger charge is 2.15. The number of benzene rings is 2. The van der Waals surface area contributed by atoms with Crippen molar-refractivity contribution in [2.24, 2.45) is 5.73 Å². The standard InChI is InChI=1S/C25H30ClN3O3S/c1-5-19(11-12-27)22-9-8-21(15-23(22)30)31-14-6-13-29(17(2)3)33-32-24-10-7-20(16-28)25(26)18(24)4/h5,7-12,15,17,30H,6,13-14,27H2,1-4H3/b12-11-,19-5+. The summed E-state index contributed by atoms with van der Waals surface area (Å²) in [6, 6.07) is 11.0. The average molecular weight is 488 g/mol. The Bertz CT molecular complexity index is 1050. The highest BCUT2D eigenvalue weighted by atomic mass is 35.5. The lowest BCUT2D eigenvalue weighted by Gasteiger charge is -2.24. The van der Waals surface area contributed by atoms with Gasteiger partial charge in [-0.25, -0.2) is 4.31 Å². The Hall–Kier alpha value is -2.79. The molecule has 0 saturated carbocycles. The second-order valence-electron chi connectivity index (χ2n) is 7.54. The maximum absolute atomic E-state index is 10.3. The summed E-state index contributed by atoms with van der Waals surface area (Å²) in [5.41, 5.74) is 8.17. The van der Waals surface area contributed by atoms with Crippen LogP contribution in [0, 0.1) is 18.3 Å². The Morgan fingerprint density at radius 3 is 2.70 bits per heavy atom. The largest absolute Gasteiger partial charge is 0.507 e. The van der Waals surface area contributed by atoms with E-state index in [-0.39, 0.29) is 11.8 Å². The van der Waals surface area contributed by atoms with Gasteiger partial charge in [0.15, 0.2) is 0 Å². The van der Waals surface area contributed by atoms with E-state index < -0.39 is 0 Å². The van der Waals surface area contributed by atoms with Crippen LogP contribution >= 0.6 is 23.8 Å². The lowest BCUT2D eigenvalue weighted by atomic mass is 10.0. The van der Waals surface area contributed by atoms with Crippen molar-refractivity contribution in [3.8, 4) is 23.3 Å². The van der Waals surface area contributed by atoms with Gasteiger partial charge in [-0.1, -0.05) is 17.7 Å². The first-order valence-electron chi connectivity index (χ1n) is 10.6. The fourth-order valence-corrected chi connectivity index (χ4v) is 3.95. The van der Waals surface area contributed by atoms with Crippen LogP contribution in [0.3, 0.4) is 0 Å². The number of halogens is 1. The molecule has 2 aromatic carbocycles. The Labute approximate surface area is 205 Å². The molecule has 0 radical (unpaired) electrons. The number of rotatable bonds is 11. The van der Waals surface area contributed by atoms with Gasteiger partial charge in [-0.15, -0.1) is 0 Å². The fourth-order valence-electron chi connectivity index (χ4n) is 3.01. The number of phenols is 1. The van der Waals surface area contributed by atoms with E-state index in [1.165, 1.54) is 18.4 Å². The minimum absolute atomic E-state index is 0.142. The van der Waals surface area contributed by atoms with Crippen molar-refractivity contribution in [3.05, 3.63) is 70.4 Å². The molecule has 0 aliphatic rings. The molecule has 0 unspecified atom stereocenters. The number of hydrogen-bond acceptors (Lipinski definition) is 7. The normalized spacial score (nSPS) is 11.9. The van der Waals surface area contributed by atoms with Gasteiger partial charge >= 0.3 is 0 Å². The third-order valence-corrected chi connectivity index (χ3v) is 6.45. The van der Waals surface area contributed by atoms with Crippen molar-refractivity contribution < 1.29 is 14.0 Å². The Morgan fingerprint density at radius 2 is 2.09 bits per heavy atom. The highest BCUT2D eigenvalue weighted by Crippen LogP contribution is 2.32. The van der Waals surface area contributed by atoms with Crippen molar-refractivity contribution in [3.63, 3.8) is 0 Å². The number of ether oxygens (including phenoxy) is 1. The first kappa shape index (κ1) is 26.5. The SMILES string of the molecule is C/C=C(\C=C/N)c1ccc(OCCCN(SOc2ccc(C#N)c(Cl)c2C)C(C)C)cc1O. The maximum atomic E-state index is 10.3. The first-order chi connectivity index (χ1) is 15.8. The van der Waals surface area contributed by atoms with Gasteiger partial charge in [-0.2, -0.15) is 5.26 Å². The smallest absolute Gasteiger partial charge is 0.146 e. The summed E-state index contributed by atoms with van der Waals surface area (Å²) in [6.45, 7) is 9.11. The van der Waals surface area contributed by atoms with Crippen molar-refractivity contribution in [1.82, 2.24) is 4.31 Å². The number of phenolic OH excluding ortho intramolecular Hbond substituents is 1. The first-order valence-corrected chi connectivity index (χ1v) is 11.7. The molecule has 0 aliphatic carbocycles. The van der Waals surface area contributed by atoms with Crippen molar-refractivity contribution in [1.29, 1.82) is 5.26 Å². The molecule has 3 N–H and O–H groups in total.